The Hall–Kier alpha value is -2.16. The summed E-state index contributed by atoms with van der Waals surface area (Å²) in [7, 11) is -2.84. The highest BCUT2D eigenvalue weighted by molar-refractivity contribution is 7.92. The maximum absolute atomic E-state index is 13.1. The van der Waals surface area contributed by atoms with Crippen molar-refractivity contribution >= 4 is 45.0 Å². The number of sulfonamides is 1. The Morgan fingerprint density at radius 3 is 2.56 bits per heavy atom. The lowest BCUT2D eigenvalue weighted by molar-refractivity contribution is 0.0594. The van der Waals surface area contributed by atoms with E-state index in [4.69, 9.17) is 23.2 Å². The van der Waals surface area contributed by atoms with E-state index in [0.717, 1.165) is 4.31 Å². The molecule has 2 aromatic rings. The van der Waals surface area contributed by atoms with Gasteiger partial charge in [-0.2, -0.15) is 0 Å². The van der Waals surface area contributed by atoms with Gasteiger partial charge in [0, 0.05) is 12.4 Å². The Balaban J connectivity index is 2.55. The van der Waals surface area contributed by atoms with Crippen molar-refractivity contribution in [2.24, 2.45) is 0 Å². The number of benzene rings is 1. The van der Waals surface area contributed by atoms with Crippen molar-refractivity contribution in [3.05, 3.63) is 64.0 Å². The van der Waals surface area contributed by atoms with E-state index in [1.54, 1.807) is 25.1 Å². The van der Waals surface area contributed by atoms with Crippen LogP contribution in [0.15, 0.2) is 42.7 Å². The highest BCUT2D eigenvalue weighted by Gasteiger charge is 2.30. The van der Waals surface area contributed by atoms with Crippen molar-refractivity contribution in [2.45, 2.75) is 12.7 Å². The van der Waals surface area contributed by atoms with Crippen molar-refractivity contribution in [3.8, 4) is 0 Å². The lowest BCUT2D eigenvalue weighted by Crippen LogP contribution is -2.35. The first-order chi connectivity index (χ1) is 12.7. The molecular weight excluding hydrogens is 413 g/mol. The topological polar surface area (TPSA) is 89.5 Å². The van der Waals surface area contributed by atoms with E-state index >= 15 is 0 Å². The standard InChI is InChI=1S/C17H17Cl2N3O4S/c1-11(2)9-22(16-15(17(23)26-3)20-7-8-21-16)27(24,25)10-12-5-4-6-13(18)14(12)19/h4-8H,1,9-10H2,2-3H3. The van der Waals surface area contributed by atoms with Crippen molar-refractivity contribution in [1.29, 1.82) is 0 Å². The predicted molar refractivity (Wildman–Crippen MR) is 105 cm³/mol. The van der Waals surface area contributed by atoms with Gasteiger partial charge in [0.05, 0.1) is 29.5 Å². The molecule has 0 spiro atoms. The van der Waals surface area contributed by atoms with Gasteiger partial charge in [-0.25, -0.2) is 27.5 Å². The minimum absolute atomic E-state index is 0.0940. The first-order valence-electron chi connectivity index (χ1n) is 7.64. The summed E-state index contributed by atoms with van der Waals surface area (Å²) in [4.78, 5) is 19.9. The third-order valence-electron chi connectivity index (χ3n) is 3.41. The van der Waals surface area contributed by atoms with Crippen LogP contribution in [0.4, 0.5) is 5.82 Å². The molecule has 0 saturated heterocycles. The molecule has 0 radical (unpaired) electrons. The molecular formula is C17H17Cl2N3O4S. The number of carbonyl (C=O) groups excluding carboxylic acids is 1. The number of carbonyl (C=O) groups is 1. The molecule has 0 atom stereocenters. The lowest BCUT2D eigenvalue weighted by atomic mass is 10.2. The maximum atomic E-state index is 13.1. The van der Waals surface area contributed by atoms with Gasteiger partial charge in [0.1, 0.15) is 0 Å². The molecule has 0 aliphatic carbocycles. The number of halogens is 2. The molecule has 1 aromatic carbocycles. The zero-order valence-corrected chi connectivity index (χ0v) is 17.0. The van der Waals surface area contributed by atoms with Crippen LogP contribution >= 0.6 is 23.2 Å². The molecule has 1 heterocycles. The normalized spacial score (nSPS) is 11.1. The Labute approximate surface area is 167 Å². The minimum Gasteiger partial charge on any atom is -0.464 e. The van der Waals surface area contributed by atoms with Gasteiger partial charge in [-0.3, -0.25) is 0 Å². The summed E-state index contributed by atoms with van der Waals surface area (Å²) in [5, 5.41) is 0.385. The van der Waals surface area contributed by atoms with E-state index in [2.05, 4.69) is 21.3 Å². The molecule has 10 heteroatoms. The van der Waals surface area contributed by atoms with Crippen LogP contribution in [0.1, 0.15) is 23.0 Å². The number of hydrogen-bond acceptors (Lipinski definition) is 6. The van der Waals surface area contributed by atoms with E-state index in [0.29, 0.717) is 11.1 Å². The summed E-state index contributed by atoms with van der Waals surface area (Å²) in [5.41, 5.74) is 0.638. The number of anilines is 1. The van der Waals surface area contributed by atoms with Crippen molar-refractivity contribution in [2.75, 3.05) is 18.0 Å². The van der Waals surface area contributed by atoms with Crippen molar-refractivity contribution in [3.63, 3.8) is 0 Å². The van der Waals surface area contributed by atoms with Gasteiger partial charge in [-0.15, -0.1) is 0 Å². The Morgan fingerprint density at radius 2 is 1.93 bits per heavy atom. The SMILES string of the molecule is C=C(C)CN(c1nccnc1C(=O)OC)S(=O)(=O)Cc1cccc(Cl)c1Cl. The quantitative estimate of drug-likeness (QED) is 0.494. The summed E-state index contributed by atoms with van der Waals surface area (Å²) in [5.74, 6) is -1.40. The van der Waals surface area contributed by atoms with Gasteiger partial charge in [0.15, 0.2) is 11.5 Å². The highest BCUT2D eigenvalue weighted by atomic mass is 35.5. The molecule has 0 bridgehead atoms. The van der Waals surface area contributed by atoms with Gasteiger partial charge in [-0.05, 0) is 18.6 Å². The van der Waals surface area contributed by atoms with Gasteiger partial charge in [0.2, 0.25) is 10.0 Å². The van der Waals surface area contributed by atoms with E-state index in [1.165, 1.54) is 19.5 Å². The molecule has 0 N–H and O–H groups in total. The zero-order valence-electron chi connectivity index (χ0n) is 14.6. The van der Waals surface area contributed by atoms with Gasteiger partial charge in [-0.1, -0.05) is 47.5 Å². The number of ether oxygens (including phenoxy) is 1. The second-order valence-corrected chi connectivity index (χ2v) is 8.33. The molecule has 0 aliphatic heterocycles. The van der Waals surface area contributed by atoms with Crippen LogP contribution in [-0.4, -0.2) is 38.0 Å². The zero-order chi connectivity index (χ0) is 20.2. The number of nitrogens with zero attached hydrogens (tertiary/aromatic N) is 3. The highest BCUT2D eigenvalue weighted by Crippen LogP contribution is 2.29. The number of hydrogen-bond donors (Lipinski definition) is 0. The van der Waals surface area contributed by atoms with Crippen LogP contribution in [0.25, 0.3) is 0 Å². The van der Waals surface area contributed by atoms with Gasteiger partial charge < -0.3 is 4.74 Å². The third-order valence-corrected chi connectivity index (χ3v) is 5.92. The van der Waals surface area contributed by atoms with Gasteiger partial charge in [0.25, 0.3) is 0 Å². The molecule has 2 rings (SSSR count). The molecule has 0 fully saturated rings. The van der Waals surface area contributed by atoms with Crippen LogP contribution in [0.2, 0.25) is 10.0 Å². The van der Waals surface area contributed by atoms with Crippen LogP contribution in [-0.2, 0) is 20.5 Å². The first kappa shape index (κ1) is 21.1. The number of methoxy groups -OCH3 is 1. The Morgan fingerprint density at radius 1 is 1.26 bits per heavy atom. The molecule has 0 unspecified atom stereocenters. The fourth-order valence-corrected chi connectivity index (χ4v) is 4.31. The number of aromatic nitrogens is 2. The summed E-state index contributed by atoms with van der Waals surface area (Å²) in [6, 6.07) is 4.72. The number of rotatable bonds is 7. The molecule has 1 aromatic heterocycles. The molecule has 27 heavy (non-hydrogen) atoms. The monoisotopic (exact) mass is 429 g/mol. The minimum atomic E-state index is -4.01. The van der Waals surface area contributed by atoms with Crippen molar-refractivity contribution in [1.82, 2.24) is 9.97 Å². The smallest absolute Gasteiger partial charge is 0.360 e. The fraction of sp³-hybridized carbons (Fsp3) is 0.235. The summed E-state index contributed by atoms with van der Waals surface area (Å²) in [6.07, 6.45) is 2.56. The maximum Gasteiger partial charge on any atom is 0.360 e. The van der Waals surface area contributed by atoms with Crippen LogP contribution in [0.3, 0.4) is 0 Å². The van der Waals surface area contributed by atoms with E-state index < -0.39 is 21.7 Å². The average Bonchev–Trinajstić information content (AvgIpc) is 2.62. The third kappa shape index (κ3) is 4.97. The Kier molecular flexibility index (Phi) is 6.80. The fourth-order valence-electron chi connectivity index (χ4n) is 2.24. The van der Waals surface area contributed by atoms with Crippen molar-refractivity contribution < 1.29 is 17.9 Å². The molecule has 7 nitrogen and oxygen atoms in total. The molecule has 0 amide bonds. The summed E-state index contributed by atoms with van der Waals surface area (Å²) in [6.45, 7) is 5.31. The number of esters is 1. The largest absolute Gasteiger partial charge is 0.464 e. The first-order valence-corrected chi connectivity index (χ1v) is 10.0. The molecule has 0 aliphatic rings. The second-order valence-electron chi connectivity index (χ2n) is 5.65. The predicted octanol–water partition coefficient (Wildman–Crippen LogP) is 3.48. The van der Waals surface area contributed by atoms with Crippen LogP contribution < -0.4 is 4.31 Å². The second kappa shape index (κ2) is 8.69. The summed E-state index contributed by atoms with van der Waals surface area (Å²) < 4.78 is 31.9. The molecule has 0 saturated carbocycles. The van der Waals surface area contributed by atoms with E-state index in [1.807, 2.05) is 0 Å². The average molecular weight is 430 g/mol. The van der Waals surface area contributed by atoms with E-state index in [-0.39, 0.29) is 28.1 Å². The van der Waals surface area contributed by atoms with E-state index in [9.17, 15) is 13.2 Å². The van der Waals surface area contributed by atoms with Crippen LogP contribution in [0, 0.1) is 0 Å². The van der Waals surface area contributed by atoms with Gasteiger partial charge >= 0.3 is 5.97 Å². The molecule has 144 valence electrons. The lowest BCUT2D eigenvalue weighted by Gasteiger charge is -2.24. The summed E-state index contributed by atoms with van der Waals surface area (Å²) >= 11 is 12.1. The Bertz CT molecular complexity index is 980. The van der Waals surface area contributed by atoms with Crippen LogP contribution in [0.5, 0.6) is 0 Å².